The first-order valence-corrected chi connectivity index (χ1v) is 18.9. The van der Waals surface area contributed by atoms with Gasteiger partial charge in [-0.25, -0.2) is 13.4 Å². The van der Waals surface area contributed by atoms with Crippen LogP contribution in [0.15, 0.2) is 66.7 Å². The molecule has 1 aromatic heterocycles. The summed E-state index contributed by atoms with van der Waals surface area (Å²) in [6.07, 6.45) is 8.44. The number of pyridine rings is 1. The maximum atomic E-state index is 14.2. The highest BCUT2D eigenvalue weighted by atomic mass is 32.2. The van der Waals surface area contributed by atoms with Crippen LogP contribution >= 0.6 is 0 Å². The minimum Gasteiger partial charge on any atom is -0.497 e. The predicted molar refractivity (Wildman–Crippen MR) is 188 cm³/mol. The number of carbonyl (C=O) groups excluding carboxylic acids is 3. The third kappa shape index (κ3) is 6.93. The Labute approximate surface area is 291 Å². The quantitative estimate of drug-likeness (QED) is 0.312. The molecular weight excluding hydrogens is 659 g/mol. The third-order valence-electron chi connectivity index (χ3n) is 10.2. The molecule has 3 amide bonds. The molecule has 2 aliphatic carbocycles. The maximum Gasteiger partial charge on any atom is 0.259 e. The van der Waals surface area contributed by atoms with Crippen LogP contribution in [0.2, 0.25) is 0 Å². The normalized spacial score (nSPS) is 27.4. The SMILES string of the molecule is COc1ccc2c(O[C@@H]3C[C@H]4C(=O)N[C@]5(C(=O)NS(=O)(=O)C6CC6)CC5C=CCCCCC[C@H](N)C(=O)N4C3)cc(-c3ccccc3)nc2c1. The van der Waals surface area contributed by atoms with Crippen LogP contribution in [0.25, 0.3) is 22.2 Å². The van der Waals surface area contributed by atoms with Crippen molar-refractivity contribution in [1.29, 1.82) is 0 Å². The Morgan fingerprint density at radius 2 is 1.86 bits per heavy atom. The summed E-state index contributed by atoms with van der Waals surface area (Å²) in [6.45, 7) is 0.101. The van der Waals surface area contributed by atoms with E-state index in [0.29, 0.717) is 42.0 Å². The lowest BCUT2D eigenvalue weighted by atomic mass is 10.1. The topological polar surface area (TPSA) is 170 Å². The molecule has 50 heavy (non-hydrogen) atoms. The molecule has 2 aliphatic heterocycles. The van der Waals surface area contributed by atoms with Gasteiger partial charge in [0.2, 0.25) is 21.8 Å². The summed E-state index contributed by atoms with van der Waals surface area (Å²) in [6, 6.07) is 15.3. The van der Waals surface area contributed by atoms with Crippen LogP contribution in [0.4, 0.5) is 0 Å². The number of hydrogen-bond donors (Lipinski definition) is 3. The van der Waals surface area contributed by atoms with Crippen LogP contribution in [-0.4, -0.2) is 78.7 Å². The highest BCUT2D eigenvalue weighted by molar-refractivity contribution is 7.91. The van der Waals surface area contributed by atoms with E-state index in [-0.39, 0.29) is 31.2 Å². The van der Waals surface area contributed by atoms with Gasteiger partial charge < -0.3 is 25.4 Å². The van der Waals surface area contributed by atoms with E-state index in [2.05, 4.69) is 10.0 Å². The number of benzene rings is 2. The first-order valence-electron chi connectivity index (χ1n) is 17.4. The summed E-state index contributed by atoms with van der Waals surface area (Å²) in [5.74, 6) is -0.849. The number of methoxy groups -OCH3 is 1. The lowest BCUT2D eigenvalue weighted by Gasteiger charge is -2.28. The average molecular weight is 702 g/mol. The predicted octanol–water partition coefficient (Wildman–Crippen LogP) is 3.59. The zero-order chi connectivity index (χ0) is 35.0. The molecule has 264 valence electrons. The molecule has 1 unspecified atom stereocenters. The number of hydrogen-bond acceptors (Lipinski definition) is 9. The van der Waals surface area contributed by atoms with Crippen LogP contribution in [0.5, 0.6) is 11.5 Å². The fraction of sp³-hybridized carbons (Fsp3) is 0.459. The summed E-state index contributed by atoms with van der Waals surface area (Å²) >= 11 is 0. The Balaban J connectivity index is 1.19. The second-order valence-electron chi connectivity index (χ2n) is 13.9. The first-order chi connectivity index (χ1) is 24.1. The number of allylic oxidation sites excluding steroid dienone is 1. The summed E-state index contributed by atoms with van der Waals surface area (Å²) in [7, 11) is -2.25. The van der Waals surface area contributed by atoms with Crippen molar-refractivity contribution in [2.45, 2.75) is 86.8 Å². The van der Waals surface area contributed by atoms with Crippen molar-refractivity contribution in [3.63, 3.8) is 0 Å². The van der Waals surface area contributed by atoms with Gasteiger partial charge >= 0.3 is 0 Å². The minimum atomic E-state index is -3.84. The summed E-state index contributed by atoms with van der Waals surface area (Å²) in [5.41, 5.74) is 7.23. The molecular formula is C37H43N5O7S. The van der Waals surface area contributed by atoms with Crippen molar-refractivity contribution >= 4 is 38.6 Å². The van der Waals surface area contributed by atoms with Crippen LogP contribution in [-0.2, 0) is 24.4 Å². The number of amides is 3. The second kappa shape index (κ2) is 13.7. The van der Waals surface area contributed by atoms with E-state index in [1.54, 1.807) is 7.11 Å². The zero-order valence-electron chi connectivity index (χ0n) is 28.0. The van der Waals surface area contributed by atoms with Crippen LogP contribution in [0.3, 0.4) is 0 Å². The Morgan fingerprint density at radius 1 is 1.06 bits per heavy atom. The fourth-order valence-corrected chi connectivity index (χ4v) is 8.44. The Bertz CT molecular complexity index is 1930. The zero-order valence-corrected chi connectivity index (χ0v) is 28.9. The van der Waals surface area contributed by atoms with Crippen molar-refractivity contribution in [1.82, 2.24) is 19.9 Å². The van der Waals surface area contributed by atoms with Crippen molar-refractivity contribution in [2.75, 3.05) is 13.7 Å². The first kappa shape index (κ1) is 34.0. The molecule has 0 radical (unpaired) electrons. The number of nitrogens with one attached hydrogen (secondary N) is 2. The smallest absolute Gasteiger partial charge is 0.259 e. The molecule has 13 heteroatoms. The number of sulfonamides is 1. The van der Waals surface area contributed by atoms with E-state index < -0.39 is 50.8 Å². The standard InChI is InChI=1S/C37H43N5O7S/c1-48-25-14-17-28-31(18-25)39-30(23-10-6-5-7-11-23)20-33(28)49-26-19-32-34(43)40-37(36(45)41-50(46,47)27-15-16-27)21-24(37)12-8-3-2-4-9-13-29(38)35(44)42(32)22-26/h5-8,10-12,14,17-18,20,24,26-27,29,32H,2-4,9,13,15-16,19,21-22,38H2,1H3,(H,40,43)(H,41,45)/t24?,26-,29+,32+,37-/m1/s1. The third-order valence-corrected chi connectivity index (χ3v) is 12.0. The van der Waals surface area contributed by atoms with Gasteiger partial charge in [-0.1, -0.05) is 55.3 Å². The monoisotopic (exact) mass is 701 g/mol. The highest BCUT2D eigenvalue weighted by Gasteiger charge is 2.62. The van der Waals surface area contributed by atoms with Crippen molar-refractivity contribution in [2.24, 2.45) is 11.7 Å². The van der Waals surface area contributed by atoms with E-state index in [1.807, 2.05) is 66.7 Å². The van der Waals surface area contributed by atoms with E-state index in [1.165, 1.54) is 4.90 Å². The molecule has 3 aromatic rings. The highest BCUT2D eigenvalue weighted by Crippen LogP contribution is 2.46. The van der Waals surface area contributed by atoms with Crippen molar-refractivity contribution < 1.29 is 32.3 Å². The maximum absolute atomic E-state index is 14.2. The summed E-state index contributed by atoms with van der Waals surface area (Å²) < 4.78 is 39.8. The van der Waals surface area contributed by atoms with Gasteiger partial charge in [0.1, 0.15) is 29.2 Å². The molecule has 0 spiro atoms. The number of aromatic nitrogens is 1. The van der Waals surface area contributed by atoms with Crippen LogP contribution in [0.1, 0.15) is 57.8 Å². The minimum absolute atomic E-state index is 0.101. The van der Waals surface area contributed by atoms with Gasteiger partial charge in [0.05, 0.1) is 36.2 Å². The lowest BCUT2D eigenvalue weighted by molar-refractivity contribution is -0.140. The van der Waals surface area contributed by atoms with E-state index in [9.17, 15) is 22.8 Å². The number of nitrogens with zero attached hydrogens (tertiary/aromatic N) is 2. The summed E-state index contributed by atoms with van der Waals surface area (Å²) in [4.78, 5) is 48.0. The van der Waals surface area contributed by atoms with Gasteiger partial charge in [0.25, 0.3) is 5.91 Å². The number of ether oxygens (including phenoxy) is 2. The Kier molecular flexibility index (Phi) is 9.29. The molecule has 4 N–H and O–H groups in total. The molecule has 3 fully saturated rings. The van der Waals surface area contributed by atoms with Gasteiger partial charge in [-0.15, -0.1) is 0 Å². The lowest BCUT2D eigenvalue weighted by Crippen LogP contribution is -2.57. The molecule has 3 heterocycles. The number of rotatable bonds is 7. The Morgan fingerprint density at radius 3 is 2.62 bits per heavy atom. The molecule has 5 atom stereocenters. The van der Waals surface area contributed by atoms with Gasteiger partial charge in [-0.05, 0) is 50.7 Å². The fourth-order valence-electron chi connectivity index (χ4n) is 7.08. The molecule has 7 rings (SSSR count). The second-order valence-corrected chi connectivity index (χ2v) is 15.8. The van der Waals surface area contributed by atoms with Crippen LogP contribution in [0, 0.1) is 5.92 Å². The number of nitrogens with two attached hydrogens (primary N) is 1. The molecule has 2 aromatic carbocycles. The number of carbonyl (C=O) groups is 3. The van der Waals surface area contributed by atoms with Crippen molar-refractivity contribution in [3.8, 4) is 22.8 Å². The molecule has 1 saturated heterocycles. The largest absolute Gasteiger partial charge is 0.497 e. The van der Waals surface area contributed by atoms with Crippen molar-refractivity contribution in [3.05, 3.63) is 66.7 Å². The molecule has 12 nitrogen and oxygen atoms in total. The van der Waals surface area contributed by atoms with Gasteiger partial charge in [-0.3, -0.25) is 19.1 Å². The summed E-state index contributed by atoms with van der Waals surface area (Å²) in [5, 5.41) is 3.05. The Hall–Kier alpha value is -4.49. The molecule has 0 bridgehead atoms. The van der Waals surface area contributed by atoms with Gasteiger partial charge in [0.15, 0.2) is 0 Å². The number of fused-ring (bicyclic) bond motifs is 3. The van der Waals surface area contributed by atoms with Gasteiger partial charge in [0, 0.05) is 35.4 Å². The van der Waals surface area contributed by atoms with E-state index in [0.717, 1.165) is 36.6 Å². The van der Waals surface area contributed by atoms with E-state index in [4.69, 9.17) is 20.2 Å². The van der Waals surface area contributed by atoms with E-state index >= 15 is 0 Å². The molecule has 2 saturated carbocycles. The van der Waals surface area contributed by atoms with Gasteiger partial charge in [-0.2, -0.15) is 0 Å². The molecule has 4 aliphatic rings. The average Bonchev–Trinajstić information content (AvgIpc) is 4.04. The van der Waals surface area contributed by atoms with Crippen LogP contribution < -0.4 is 25.2 Å².